The maximum atomic E-state index is 12.6. The number of hydrogen-bond acceptors (Lipinski definition) is 4. The van der Waals surface area contributed by atoms with E-state index in [4.69, 9.17) is 9.47 Å². The molecule has 0 aliphatic heterocycles. The monoisotopic (exact) mass is 328 g/mol. The van der Waals surface area contributed by atoms with Gasteiger partial charge in [0.2, 0.25) is 0 Å². The van der Waals surface area contributed by atoms with E-state index in [0.29, 0.717) is 18.6 Å². The Kier molecular flexibility index (Phi) is 5.73. The summed E-state index contributed by atoms with van der Waals surface area (Å²) in [6.07, 6.45) is 5.51. The molecule has 0 spiro atoms. The number of rotatable bonds is 7. The lowest BCUT2D eigenvalue weighted by atomic mass is 9.71. The quantitative estimate of drug-likeness (QED) is 0.567. The van der Waals surface area contributed by atoms with Gasteiger partial charge in [0, 0.05) is 25.5 Å². The van der Waals surface area contributed by atoms with Gasteiger partial charge in [0.05, 0.1) is 7.11 Å². The number of ketones is 2. The number of methoxy groups -OCH3 is 2. The highest BCUT2D eigenvalue weighted by Gasteiger charge is 2.42. The zero-order valence-corrected chi connectivity index (χ0v) is 14.7. The van der Waals surface area contributed by atoms with E-state index in [1.165, 1.54) is 0 Å². The summed E-state index contributed by atoms with van der Waals surface area (Å²) in [6, 6.07) is 7.54. The van der Waals surface area contributed by atoms with Crippen LogP contribution in [0.25, 0.3) is 5.57 Å². The zero-order valence-electron chi connectivity index (χ0n) is 14.7. The predicted octanol–water partition coefficient (Wildman–Crippen LogP) is 3.61. The first-order chi connectivity index (χ1) is 11.5. The first-order valence-electron chi connectivity index (χ1n) is 8.18. The molecular formula is C20H24O4. The Labute approximate surface area is 143 Å². The molecule has 1 aromatic rings. The van der Waals surface area contributed by atoms with Gasteiger partial charge >= 0.3 is 0 Å². The summed E-state index contributed by atoms with van der Waals surface area (Å²) < 4.78 is 11.0. The number of para-hydroxylation sites is 1. The fourth-order valence-corrected chi connectivity index (χ4v) is 3.13. The molecule has 0 heterocycles. The lowest BCUT2D eigenvalue weighted by molar-refractivity contribution is -0.134. The van der Waals surface area contributed by atoms with Crippen LogP contribution in [0.1, 0.15) is 32.3 Å². The third-order valence-electron chi connectivity index (χ3n) is 4.46. The molecule has 0 amide bonds. The van der Waals surface area contributed by atoms with Crippen LogP contribution in [0.4, 0.5) is 0 Å². The molecule has 0 radical (unpaired) electrons. The molecule has 1 aromatic carbocycles. The van der Waals surface area contributed by atoms with Crippen molar-refractivity contribution in [2.24, 2.45) is 5.41 Å². The molecular weight excluding hydrogens is 304 g/mol. The van der Waals surface area contributed by atoms with E-state index in [0.717, 1.165) is 11.1 Å². The van der Waals surface area contributed by atoms with Crippen molar-refractivity contribution < 1.29 is 19.1 Å². The van der Waals surface area contributed by atoms with Crippen molar-refractivity contribution in [3.05, 3.63) is 48.1 Å². The second-order valence-electron chi connectivity index (χ2n) is 5.74. The van der Waals surface area contributed by atoms with Crippen molar-refractivity contribution in [3.8, 4) is 5.75 Å². The molecule has 4 heteroatoms. The maximum Gasteiger partial charge on any atom is 0.153 e. The number of hydrogen-bond donors (Lipinski definition) is 0. The first kappa shape index (κ1) is 18.1. The molecule has 128 valence electrons. The van der Waals surface area contributed by atoms with Gasteiger partial charge in [0.1, 0.15) is 17.3 Å². The molecule has 1 aliphatic rings. The molecule has 0 saturated carbocycles. The van der Waals surface area contributed by atoms with Crippen LogP contribution in [-0.2, 0) is 14.3 Å². The van der Waals surface area contributed by atoms with Crippen LogP contribution in [0, 0.1) is 5.41 Å². The number of carbonyl (C=O) groups is 2. The Morgan fingerprint density at radius 2 is 1.71 bits per heavy atom. The Balaban J connectivity index is 2.67. The molecule has 0 bridgehead atoms. The summed E-state index contributed by atoms with van der Waals surface area (Å²) in [6.45, 7) is 3.56. The van der Waals surface area contributed by atoms with Gasteiger partial charge in [0.15, 0.2) is 11.6 Å². The van der Waals surface area contributed by atoms with Crippen LogP contribution < -0.4 is 4.74 Å². The van der Waals surface area contributed by atoms with Gasteiger partial charge in [-0.2, -0.15) is 0 Å². The highest BCUT2D eigenvalue weighted by molar-refractivity contribution is 6.12. The standard InChI is InChI=1S/C20H24O4/c1-5-18(21)20(19(22)6-2)12-11-17(24-4)15(13-20)14-9-7-8-10-16(14)23-3/h7-13,17H,5-6H2,1-4H3. The summed E-state index contributed by atoms with van der Waals surface area (Å²) in [5, 5.41) is 0. The number of ether oxygens (including phenoxy) is 2. The Morgan fingerprint density at radius 3 is 2.25 bits per heavy atom. The maximum absolute atomic E-state index is 12.6. The van der Waals surface area contributed by atoms with E-state index >= 15 is 0 Å². The highest BCUT2D eigenvalue weighted by atomic mass is 16.5. The predicted molar refractivity (Wildman–Crippen MR) is 93.9 cm³/mol. The summed E-state index contributed by atoms with van der Waals surface area (Å²) in [5.74, 6) is 0.475. The van der Waals surface area contributed by atoms with E-state index in [1.807, 2.05) is 24.3 Å². The summed E-state index contributed by atoms with van der Waals surface area (Å²) >= 11 is 0. The third-order valence-corrected chi connectivity index (χ3v) is 4.46. The van der Waals surface area contributed by atoms with Crippen LogP contribution in [0.3, 0.4) is 0 Å². The minimum atomic E-state index is -1.21. The van der Waals surface area contributed by atoms with Gasteiger partial charge in [0.25, 0.3) is 0 Å². The number of benzene rings is 1. The Hall–Kier alpha value is -2.20. The second-order valence-corrected chi connectivity index (χ2v) is 5.74. The fourth-order valence-electron chi connectivity index (χ4n) is 3.13. The van der Waals surface area contributed by atoms with E-state index in [1.54, 1.807) is 46.3 Å². The molecule has 24 heavy (non-hydrogen) atoms. The minimum Gasteiger partial charge on any atom is -0.496 e. The van der Waals surface area contributed by atoms with Crippen molar-refractivity contribution in [2.75, 3.05) is 14.2 Å². The Morgan fingerprint density at radius 1 is 1.08 bits per heavy atom. The Bertz CT molecular complexity index is 669. The minimum absolute atomic E-state index is 0.104. The van der Waals surface area contributed by atoms with Crippen LogP contribution in [0.15, 0.2) is 42.5 Å². The van der Waals surface area contributed by atoms with Crippen molar-refractivity contribution in [2.45, 2.75) is 32.8 Å². The molecule has 0 aromatic heterocycles. The van der Waals surface area contributed by atoms with Crippen LogP contribution in [0.2, 0.25) is 0 Å². The van der Waals surface area contributed by atoms with Gasteiger partial charge in [-0.25, -0.2) is 0 Å². The van der Waals surface area contributed by atoms with E-state index in [2.05, 4.69) is 0 Å². The molecule has 1 atom stereocenters. The second kappa shape index (κ2) is 7.58. The SMILES string of the molecule is CCC(=O)C1(C(=O)CC)C=CC(OC)C(c2ccccc2OC)=C1. The lowest BCUT2D eigenvalue weighted by Crippen LogP contribution is -2.38. The van der Waals surface area contributed by atoms with Crippen molar-refractivity contribution >= 4 is 17.1 Å². The van der Waals surface area contributed by atoms with Crippen LogP contribution >= 0.6 is 0 Å². The van der Waals surface area contributed by atoms with Crippen LogP contribution in [0.5, 0.6) is 5.75 Å². The normalized spacial score (nSPS) is 18.8. The number of carbonyl (C=O) groups excluding carboxylic acids is 2. The number of allylic oxidation sites excluding steroid dienone is 2. The van der Waals surface area contributed by atoms with Gasteiger partial charge in [-0.15, -0.1) is 0 Å². The summed E-state index contributed by atoms with van der Waals surface area (Å²) in [7, 11) is 3.20. The molecule has 2 rings (SSSR count). The van der Waals surface area contributed by atoms with E-state index < -0.39 is 5.41 Å². The zero-order chi connectivity index (χ0) is 17.7. The third kappa shape index (κ3) is 3.06. The number of Topliss-reactive ketones (excluding diaryl/α,β-unsaturated/α-hetero) is 2. The van der Waals surface area contributed by atoms with E-state index in [9.17, 15) is 9.59 Å². The first-order valence-corrected chi connectivity index (χ1v) is 8.18. The smallest absolute Gasteiger partial charge is 0.153 e. The molecule has 0 fully saturated rings. The summed E-state index contributed by atoms with van der Waals surface area (Å²) in [4.78, 5) is 25.3. The van der Waals surface area contributed by atoms with Crippen molar-refractivity contribution in [3.63, 3.8) is 0 Å². The van der Waals surface area contributed by atoms with Crippen LogP contribution in [-0.4, -0.2) is 31.9 Å². The molecule has 0 saturated heterocycles. The van der Waals surface area contributed by atoms with Gasteiger partial charge in [-0.05, 0) is 11.6 Å². The largest absolute Gasteiger partial charge is 0.496 e. The van der Waals surface area contributed by atoms with Crippen molar-refractivity contribution in [1.82, 2.24) is 0 Å². The molecule has 1 aliphatic carbocycles. The average Bonchev–Trinajstić information content (AvgIpc) is 2.65. The average molecular weight is 328 g/mol. The fraction of sp³-hybridized carbons (Fsp3) is 0.400. The molecule has 1 unspecified atom stereocenters. The van der Waals surface area contributed by atoms with Gasteiger partial charge < -0.3 is 9.47 Å². The van der Waals surface area contributed by atoms with E-state index in [-0.39, 0.29) is 17.7 Å². The highest BCUT2D eigenvalue weighted by Crippen LogP contribution is 2.40. The summed E-state index contributed by atoms with van der Waals surface area (Å²) in [5.41, 5.74) is 0.392. The topological polar surface area (TPSA) is 52.6 Å². The molecule has 4 nitrogen and oxygen atoms in total. The molecule has 0 N–H and O–H groups in total. The lowest BCUT2D eigenvalue weighted by Gasteiger charge is -2.31. The van der Waals surface area contributed by atoms with Gasteiger partial charge in [-0.1, -0.05) is 50.3 Å². The van der Waals surface area contributed by atoms with Crippen molar-refractivity contribution in [1.29, 1.82) is 0 Å². The van der Waals surface area contributed by atoms with Gasteiger partial charge in [-0.3, -0.25) is 9.59 Å².